The van der Waals surface area contributed by atoms with Crippen molar-refractivity contribution >= 4 is 38.1 Å². The first-order valence-electron chi connectivity index (χ1n) is 8.28. The number of benzene rings is 1. The van der Waals surface area contributed by atoms with Crippen molar-refractivity contribution in [2.45, 2.75) is 4.90 Å². The number of hydrogen-bond acceptors (Lipinski definition) is 6. The Balaban J connectivity index is 1.48. The van der Waals surface area contributed by atoms with Crippen molar-refractivity contribution in [1.29, 1.82) is 0 Å². The van der Waals surface area contributed by atoms with Crippen LogP contribution in [-0.2, 0) is 14.8 Å². The van der Waals surface area contributed by atoms with Crippen LogP contribution in [0, 0.1) is 0 Å². The molecule has 0 bridgehead atoms. The third kappa shape index (κ3) is 5.25. The van der Waals surface area contributed by atoms with Gasteiger partial charge in [0.15, 0.2) is 0 Å². The Morgan fingerprint density at radius 3 is 2.52 bits per heavy atom. The number of nitrogens with zero attached hydrogens (tertiary/aromatic N) is 3. The van der Waals surface area contributed by atoms with Gasteiger partial charge in [0.05, 0.1) is 23.9 Å². The second-order valence-corrected chi connectivity index (χ2v) is 8.80. The van der Waals surface area contributed by atoms with E-state index in [0.717, 1.165) is 4.47 Å². The normalized spacial score (nSPS) is 16.6. The van der Waals surface area contributed by atoms with Gasteiger partial charge in [0.2, 0.25) is 10.0 Å². The minimum Gasteiger partial charge on any atom is -0.463 e. The van der Waals surface area contributed by atoms with Gasteiger partial charge in [-0.3, -0.25) is 9.69 Å². The van der Waals surface area contributed by atoms with E-state index in [1.54, 1.807) is 36.4 Å². The fourth-order valence-corrected chi connectivity index (χ4v) is 4.34. The molecule has 1 aromatic carbocycles. The molecule has 1 aliphatic heterocycles. The van der Waals surface area contributed by atoms with E-state index < -0.39 is 10.0 Å². The summed E-state index contributed by atoms with van der Waals surface area (Å²) in [5.41, 5.74) is 2.43. The molecule has 2 aromatic rings. The van der Waals surface area contributed by atoms with Crippen molar-refractivity contribution in [2.75, 3.05) is 32.7 Å². The van der Waals surface area contributed by atoms with Crippen LogP contribution in [0.3, 0.4) is 0 Å². The van der Waals surface area contributed by atoms with Crippen molar-refractivity contribution in [3.8, 4) is 0 Å². The summed E-state index contributed by atoms with van der Waals surface area (Å²) in [6.45, 7) is 1.78. The Labute approximate surface area is 166 Å². The van der Waals surface area contributed by atoms with Crippen molar-refractivity contribution in [3.63, 3.8) is 0 Å². The van der Waals surface area contributed by atoms with Gasteiger partial charge in [-0.2, -0.15) is 9.41 Å². The van der Waals surface area contributed by atoms with Gasteiger partial charge in [-0.25, -0.2) is 13.8 Å². The quantitative estimate of drug-likeness (QED) is 0.526. The van der Waals surface area contributed by atoms with E-state index in [1.807, 2.05) is 4.90 Å². The maximum atomic E-state index is 12.7. The molecule has 8 nitrogen and oxygen atoms in total. The van der Waals surface area contributed by atoms with Crippen LogP contribution >= 0.6 is 15.9 Å². The lowest BCUT2D eigenvalue weighted by atomic mass is 10.3. The first-order valence-corrected chi connectivity index (χ1v) is 10.5. The molecule has 1 aromatic heterocycles. The molecule has 0 aliphatic carbocycles. The first-order chi connectivity index (χ1) is 12.9. The molecule has 27 heavy (non-hydrogen) atoms. The summed E-state index contributed by atoms with van der Waals surface area (Å²) in [7, 11) is -3.52. The van der Waals surface area contributed by atoms with E-state index in [9.17, 15) is 13.2 Å². The standard InChI is InChI=1S/C17H19BrN4O4S/c18-14-3-5-16(6-4-14)27(24,25)22-9-7-21(8-10-22)13-17(23)20-19-12-15-2-1-11-26-15/h1-6,11-12H,7-10,13H2,(H,20,23)/b19-12+. The Morgan fingerprint density at radius 1 is 1.19 bits per heavy atom. The molecule has 1 aliphatic rings. The number of hydrogen-bond donors (Lipinski definition) is 1. The van der Waals surface area contributed by atoms with E-state index in [-0.39, 0.29) is 17.3 Å². The Kier molecular flexibility index (Phi) is 6.42. The van der Waals surface area contributed by atoms with E-state index in [2.05, 4.69) is 26.5 Å². The number of rotatable bonds is 6. The zero-order chi connectivity index (χ0) is 19.3. The lowest BCUT2D eigenvalue weighted by Crippen LogP contribution is -2.50. The molecule has 0 spiro atoms. The van der Waals surface area contributed by atoms with Crippen LogP contribution in [0.25, 0.3) is 0 Å². The molecular weight excluding hydrogens is 436 g/mol. The lowest BCUT2D eigenvalue weighted by molar-refractivity contribution is -0.122. The molecule has 0 unspecified atom stereocenters. The molecule has 144 valence electrons. The molecule has 0 radical (unpaired) electrons. The minimum atomic E-state index is -3.52. The largest absolute Gasteiger partial charge is 0.463 e. The molecule has 3 rings (SSSR count). The van der Waals surface area contributed by atoms with Crippen molar-refractivity contribution in [1.82, 2.24) is 14.6 Å². The smallest absolute Gasteiger partial charge is 0.254 e. The zero-order valence-electron chi connectivity index (χ0n) is 14.4. The summed E-state index contributed by atoms with van der Waals surface area (Å²) < 4.78 is 32.7. The maximum absolute atomic E-state index is 12.7. The SMILES string of the molecule is O=C(CN1CCN(S(=O)(=O)c2ccc(Br)cc2)CC1)N/N=C/c1ccco1. The Bertz CT molecular complexity index is 890. The Morgan fingerprint density at radius 2 is 1.89 bits per heavy atom. The molecule has 1 saturated heterocycles. The molecule has 2 heterocycles. The highest BCUT2D eigenvalue weighted by atomic mass is 79.9. The third-order valence-electron chi connectivity index (χ3n) is 4.07. The van der Waals surface area contributed by atoms with Crippen molar-refractivity contribution < 1.29 is 17.6 Å². The molecule has 1 amide bonds. The molecule has 1 N–H and O–H groups in total. The van der Waals surface area contributed by atoms with Crippen molar-refractivity contribution in [3.05, 3.63) is 52.9 Å². The Hall–Kier alpha value is -2.01. The van der Waals surface area contributed by atoms with Crippen LogP contribution < -0.4 is 5.43 Å². The van der Waals surface area contributed by atoms with Gasteiger partial charge < -0.3 is 4.42 Å². The molecule has 1 fully saturated rings. The summed E-state index contributed by atoms with van der Waals surface area (Å²) in [6.07, 6.45) is 2.94. The van der Waals surface area contributed by atoms with Crippen LogP contribution in [0.5, 0.6) is 0 Å². The maximum Gasteiger partial charge on any atom is 0.254 e. The molecule has 0 atom stereocenters. The molecular formula is C17H19BrN4O4S. The minimum absolute atomic E-state index is 0.154. The third-order valence-corrected chi connectivity index (χ3v) is 6.52. The number of furan rings is 1. The van der Waals surface area contributed by atoms with Crippen LogP contribution in [0.2, 0.25) is 0 Å². The van der Waals surface area contributed by atoms with Gasteiger partial charge in [0.1, 0.15) is 5.76 Å². The lowest BCUT2D eigenvalue weighted by Gasteiger charge is -2.33. The summed E-state index contributed by atoms with van der Waals surface area (Å²) >= 11 is 3.30. The topological polar surface area (TPSA) is 95.2 Å². The highest BCUT2D eigenvalue weighted by molar-refractivity contribution is 9.10. The second-order valence-electron chi connectivity index (χ2n) is 5.94. The molecule has 10 heteroatoms. The number of piperazine rings is 1. The average Bonchev–Trinajstić information content (AvgIpc) is 3.16. The second kappa shape index (κ2) is 8.79. The molecule has 0 saturated carbocycles. The number of hydrazone groups is 1. The number of carbonyl (C=O) groups is 1. The highest BCUT2D eigenvalue weighted by Gasteiger charge is 2.28. The summed E-state index contributed by atoms with van der Waals surface area (Å²) in [6, 6.07) is 10.0. The van der Waals surface area contributed by atoms with E-state index in [1.165, 1.54) is 16.8 Å². The fourth-order valence-electron chi connectivity index (χ4n) is 2.65. The summed E-state index contributed by atoms with van der Waals surface area (Å²) in [5.74, 6) is 0.282. The summed E-state index contributed by atoms with van der Waals surface area (Å²) in [4.78, 5) is 14.1. The zero-order valence-corrected chi connectivity index (χ0v) is 16.8. The number of halogens is 1. The van der Waals surface area contributed by atoms with Crippen LogP contribution in [0.1, 0.15) is 5.76 Å². The van der Waals surface area contributed by atoms with Crippen molar-refractivity contribution in [2.24, 2.45) is 5.10 Å². The number of carbonyl (C=O) groups excluding carboxylic acids is 1. The number of sulfonamides is 1. The predicted molar refractivity (Wildman–Crippen MR) is 104 cm³/mol. The monoisotopic (exact) mass is 454 g/mol. The van der Waals surface area contributed by atoms with E-state index >= 15 is 0 Å². The van der Waals surface area contributed by atoms with Crippen LogP contribution in [-0.4, -0.2) is 62.5 Å². The van der Waals surface area contributed by atoms with Gasteiger partial charge >= 0.3 is 0 Å². The van der Waals surface area contributed by atoms with Gasteiger partial charge in [-0.15, -0.1) is 0 Å². The van der Waals surface area contributed by atoms with Gasteiger partial charge in [-0.1, -0.05) is 15.9 Å². The van der Waals surface area contributed by atoms with Gasteiger partial charge in [-0.05, 0) is 36.4 Å². The first kappa shape index (κ1) is 19.7. The van der Waals surface area contributed by atoms with E-state index in [0.29, 0.717) is 31.9 Å². The van der Waals surface area contributed by atoms with E-state index in [4.69, 9.17) is 4.42 Å². The summed E-state index contributed by atoms with van der Waals surface area (Å²) in [5, 5.41) is 3.83. The number of amides is 1. The predicted octanol–water partition coefficient (Wildman–Crippen LogP) is 1.50. The van der Waals surface area contributed by atoms with Gasteiger partial charge in [0, 0.05) is 30.7 Å². The fraction of sp³-hybridized carbons (Fsp3) is 0.294. The number of nitrogens with one attached hydrogen (secondary N) is 1. The van der Waals surface area contributed by atoms with Gasteiger partial charge in [0.25, 0.3) is 5.91 Å². The highest BCUT2D eigenvalue weighted by Crippen LogP contribution is 2.20. The average molecular weight is 455 g/mol. The van der Waals surface area contributed by atoms with Crippen LogP contribution in [0.4, 0.5) is 0 Å². The van der Waals surface area contributed by atoms with Crippen LogP contribution in [0.15, 0.2) is 61.5 Å².